The first-order chi connectivity index (χ1) is 9.04. The fourth-order valence-electron chi connectivity index (χ4n) is 1.60. The van der Waals surface area contributed by atoms with Crippen LogP contribution in [-0.2, 0) is 11.2 Å². The predicted octanol–water partition coefficient (Wildman–Crippen LogP) is 1.40. The molecule has 1 amide bonds. The largest absolute Gasteiger partial charge is 0.480 e. The molecule has 0 fully saturated rings. The van der Waals surface area contributed by atoms with Gasteiger partial charge in [-0.25, -0.2) is 4.39 Å². The zero-order valence-corrected chi connectivity index (χ0v) is 11.0. The molecule has 1 atom stereocenters. The SMILES string of the molecule is C=CCNC(=O)COc1c(F)cccc1CC(C)N. The summed E-state index contributed by atoms with van der Waals surface area (Å²) < 4.78 is 18.9. The standard InChI is InChI=1S/C14H19FN2O2/c1-3-7-17-13(18)9-19-14-11(8-10(2)16)5-4-6-12(14)15/h3-6,10H,1,7-9,16H2,2H3,(H,17,18). The molecular formula is C14H19FN2O2. The van der Waals surface area contributed by atoms with Gasteiger partial charge in [0.1, 0.15) is 0 Å². The second-order valence-corrected chi connectivity index (χ2v) is 4.29. The Morgan fingerprint density at radius 3 is 3.00 bits per heavy atom. The summed E-state index contributed by atoms with van der Waals surface area (Å²) >= 11 is 0. The number of nitrogens with two attached hydrogens (primary N) is 1. The van der Waals surface area contributed by atoms with Gasteiger partial charge in [-0.05, 0) is 25.0 Å². The van der Waals surface area contributed by atoms with Gasteiger partial charge >= 0.3 is 0 Å². The highest BCUT2D eigenvalue weighted by atomic mass is 19.1. The Morgan fingerprint density at radius 1 is 1.63 bits per heavy atom. The maximum absolute atomic E-state index is 13.7. The lowest BCUT2D eigenvalue weighted by Gasteiger charge is -2.13. The van der Waals surface area contributed by atoms with Crippen LogP contribution in [0.15, 0.2) is 30.9 Å². The normalized spacial score (nSPS) is 11.7. The average molecular weight is 266 g/mol. The lowest BCUT2D eigenvalue weighted by molar-refractivity contribution is -0.122. The Balaban J connectivity index is 2.70. The molecule has 3 N–H and O–H groups in total. The van der Waals surface area contributed by atoms with Gasteiger partial charge in [0.05, 0.1) is 0 Å². The van der Waals surface area contributed by atoms with Crippen LogP contribution in [0, 0.1) is 5.82 Å². The molecule has 4 nitrogen and oxygen atoms in total. The van der Waals surface area contributed by atoms with Gasteiger partial charge in [0, 0.05) is 12.6 Å². The molecule has 0 aromatic heterocycles. The highest BCUT2D eigenvalue weighted by molar-refractivity contribution is 5.77. The molecule has 19 heavy (non-hydrogen) atoms. The fourth-order valence-corrected chi connectivity index (χ4v) is 1.60. The van der Waals surface area contributed by atoms with Crippen LogP contribution in [0.25, 0.3) is 0 Å². The number of benzene rings is 1. The molecule has 0 heterocycles. The minimum Gasteiger partial charge on any atom is -0.480 e. The van der Waals surface area contributed by atoms with Gasteiger partial charge in [-0.3, -0.25) is 4.79 Å². The Morgan fingerprint density at radius 2 is 2.37 bits per heavy atom. The number of carbonyl (C=O) groups excluding carboxylic acids is 1. The summed E-state index contributed by atoms with van der Waals surface area (Å²) in [6, 6.07) is 4.52. The second kappa shape index (κ2) is 7.53. The first-order valence-electron chi connectivity index (χ1n) is 6.08. The maximum Gasteiger partial charge on any atom is 0.258 e. The van der Waals surface area contributed by atoms with Crippen molar-refractivity contribution < 1.29 is 13.9 Å². The van der Waals surface area contributed by atoms with Gasteiger partial charge in [-0.15, -0.1) is 6.58 Å². The molecular weight excluding hydrogens is 247 g/mol. The van der Waals surface area contributed by atoms with Crippen LogP contribution in [0.1, 0.15) is 12.5 Å². The van der Waals surface area contributed by atoms with Gasteiger partial charge in [0.2, 0.25) is 0 Å². The fraction of sp³-hybridized carbons (Fsp3) is 0.357. The number of ether oxygens (including phenoxy) is 1. The Labute approximate surface area is 112 Å². The molecule has 0 spiro atoms. The average Bonchev–Trinajstić information content (AvgIpc) is 2.35. The summed E-state index contributed by atoms with van der Waals surface area (Å²) in [6.07, 6.45) is 2.05. The summed E-state index contributed by atoms with van der Waals surface area (Å²) in [5, 5.41) is 2.55. The third-order valence-electron chi connectivity index (χ3n) is 2.38. The van der Waals surface area contributed by atoms with Crippen LogP contribution in [0.4, 0.5) is 4.39 Å². The van der Waals surface area contributed by atoms with Gasteiger partial charge in [-0.2, -0.15) is 0 Å². The minimum absolute atomic E-state index is 0.0913. The van der Waals surface area contributed by atoms with E-state index in [-0.39, 0.29) is 24.3 Å². The molecule has 0 bridgehead atoms. The van der Waals surface area contributed by atoms with Gasteiger partial charge in [0.25, 0.3) is 5.91 Å². The van der Waals surface area contributed by atoms with E-state index in [1.807, 2.05) is 6.92 Å². The third-order valence-corrected chi connectivity index (χ3v) is 2.38. The molecule has 104 valence electrons. The summed E-state index contributed by atoms with van der Waals surface area (Å²) in [5.41, 5.74) is 6.36. The van der Waals surface area contributed by atoms with Crippen LogP contribution in [0.3, 0.4) is 0 Å². The number of rotatable bonds is 7. The smallest absolute Gasteiger partial charge is 0.258 e. The van der Waals surface area contributed by atoms with Gasteiger partial charge in [-0.1, -0.05) is 18.2 Å². The quantitative estimate of drug-likeness (QED) is 0.733. The van der Waals surface area contributed by atoms with Crippen LogP contribution in [0.2, 0.25) is 0 Å². The number of para-hydroxylation sites is 1. The molecule has 1 aromatic rings. The van der Waals surface area contributed by atoms with E-state index in [0.717, 1.165) is 0 Å². The zero-order chi connectivity index (χ0) is 14.3. The molecule has 1 unspecified atom stereocenters. The number of hydrogen-bond acceptors (Lipinski definition) is 3. The number of nitrogens with one attached hydrogen (secondary N) is 1. The molecule has 0 aliphatic heterocycles. The summed E-state index contributed by atoms with van der Waals surface area (Å²) in [5.74, 6) is -0.724. The maximum atomic E-state index is 13.7. The van der Waals surface area contributed by atoms with E-state index < -0.39 is 5.82 Å². The summed E-state index contributed by atoms with van der Waals surface area (Å²) in [6.45, 7) is 5.43. The monoisotopic (exact) mass is 266 g/mol. The van der Waals surface area contributed by atoms with Crippen molar-refractivity contribution in [2.24, 2.45) is 5.73 Å². The van der Waals surface area contributed by atoms with E-state index in [0.29, 0.717) is 18.5 Å². The predicted molar refractivity (Wildman–Crippen MR) is 72.5 cm³/mol. The van der Waals surface area contributed by atoms with E-state index in [4.69, 9.17) is 10.5 Å². The Bertz CT molecular complexity index is 447. The summed E-state index contributed by atoms with van der Waals surface area (Å²) in [7, 11) is 0. The molecule has 0 saturated heterocycles. The molecule has 0 radical (unpaired) electrons. The molecule has 0 aliphatic carbocycles. The highest BCUT2D eigenvalue weighted by Gasteiger charge is 2.12. The van der Waals surface area contributed by atoms with Crippen molar-refractivity contribution in [1.82, 2.24) is 5.32 Å². The van der Waals surface area contributed by atoms with Crippen molar-refractivity contribution in [3.05, 3.63) is 42.2 Å². The number of carbonyl (C=O) groups is 1. The summed E-state index contributed by atoms with van der Waals surface area (Å²) in [4.78, 5) is 11.4. The lowest BCUT2D eigenvalue weighted by Crippen LogP contribution is -2.29. The van der Waals surface area contributed by atoms with Crippen LogP contribution in [0.5, 0.6) is 5.75 Å². The minimum atomic E-state index is -0.491. The van der Waals surface area contributed by atoms with Crippen molar-refractivity contribution in [2.45, 2.75) is 19.4 Å². The molecule has 0 aliphatic rings. The van der Waals surface area contributed by atoms with Crippen molar-refractivity contribution in [3.63, 3.8) is 0 Å². The number of hydrogen-bond donors (Lipinski definition) is 2. The van der Waals surface area contributed by atoms with Crippen molar-refractivity contribution in [3.8, 4) is 5.75 Å². The lowest BCUT2D eigenvalue weighted by atomic mass is 10.1. The van der Waals surface area contributed by atoms with Crippen LogP contribution < -0.4 is 15.8 Å². The van der Waals surface area contributed by atoms with Crippen LogP contribution >= 0.6 is 0 Å². The van der Waals surface area contributed by atoms with E-state index in [9.17, 15) is 9.18 Å². The van der Waals surface area contributed by atoms with E-state index in [2.05, 4.69) is 11.9 Å². The first kappa shape index (κ1) is 15.2. The third kappa shape index (κ3) is 5.09. The molecule has 5 heteroatoms. The second-order valence-electron chi connectivity index (χ2n) is 4.29. The Kier molecular flexibility index (Phi) is 6.02. The van der Waals surface area contributed by atoms with Crippen LogP contribution in [-0.4, -0.2) is 25.1 Å². The van der Waals surface area contributed by atoms with E-state index >= 15 is 0 Å². The molecule has 0 saturated carbocycles. The van der Waals surface area contributed by atoms with Gasteiger partial charge < -0.3 is 15.8 Å². The molecule has 1 rings (SSSR count). The van der Waals surface area contributed by atoms with Crippen molar-refractivity contribution >= 4 is 5.91 Å². The first-order valence-corrected chi connectivity index (χ1v) is 6.08. The number of amides is 1. The topological polar surface area (TPSA) is 64.3 Å². The zero-order valence-electron chi connectivity index (χ0n) is 11.0. The Hall–Kier alpha value is -1.88. The van der Waals surface area contributed by atoms with Gasteiger partial charge in [0.15, 0.2) is 18.2 Å². The van der Waals surface area contributed by atoms with Crippen molar-refractivity contribution in [2.75, 3.05) is 13.2 Å². The van der Waals surface area contributed by atoms with E-state index in [1.165, 1.54) is 6.07 Å². The number of halogens is 1. The highest BCUT2D eigenvalue weighted by Crippen LogP contribution is 2.23. The van der Waals surface area contributed by atoms with E-state index in [1.54, 1.807) is 18.2 Å². The molecule has 1 aromatic carbocycles. The van der Waals surface area contributed by atoms with Crippen molar-refractivity contribution in [1.29, 1.82) is 0 Å².